The number of carbonyl (C=O) groups is 2. The maximum Gasteiger partial charge on any atom is 0.302 e. The molecule has 0 spiro atoms. The van der Waals surface area contributed by atoms with Crippen LogP contribution < -0.4 is 0 Å². The number of carbonyl (C=O) groups excluding carboxylic acids is 2. The summed E-state index contributed by atoms with van der Waals surface area (Å²) in [6.07, 6.45) is 17.2. The van der Waals surface area contributed by atoms with E-state index in [1.807, 2.05) is 6.08 Å². The number of unbranched alkanes of at least 4 members (excludes halogenated alkanes) is 4. The van der Waals surface area contributed by atoms with Crippen LogP contribution in [0.25, 0.3) is 0 Å². The van der Waals surface area contributed by atoms with E-state index in [9.17, 15) is 9.59 Å². The third-order valence-corrected chi connectivity index (χ3v) is 3.39. The van der Waals surface area contributed by atoms with Crippen LogP contribution in [0.4, 0.5) is 0 Å². The number of allylic oxidation sites excluding steroid dienone is 3. The van der Waals surface area contributed by atoms with Gasteiger partial charge in [-0.05, 0) is 32.6 Å². The Labute approximate surface area is 135 Å². The lowest BCUT2D eigenvalue weighted by Gasteiger charge is -2.14. The number of ether oxygens (including phenoxy) is 1. The van der Waals surface area contributed by atoms with Crippen molar-refractivity contribution < 1.29 is 14.3 Å². The van der Waals surface area contributed by atoms with E-state index >= 15 is 0 Å². The van der Waals surface area contributed by atoms with Gasteiger partial charge in [0.25, 0.3) is 0 Å². The van der Waals surface area contributed by atoms with Gasteiger partial charge < -0.3 is 9.53 Å². The fourth-order valence-corrected chi connectivity index (χ4v) is 2.19. The molecule has 0 aromatic heterocycles. The van der Waals surface area contributed by atoms with Crippen molar-refractivity contribution in [2.45, 2.75) is 84.7 Å². The van der Waals surface area contributed by atoms with E-state index in [4.69, 9.17) is 4.74 Å². The maximum atomic E-state index is 11.0. The molecule has 0 saturated carbocycles. The van der Waals surface area contributed by atoms with Gasteiger partial charge in [0.05, 0.1) is 0 Å². The predicted octanol–water partition coefficient (Wildman–Crippen LogP) is 5.15. The quantitative estimate of drug-likeness (QED) is 0.268. The lowest BCUT2D eigenvalue weighted by atomic mass is 10.1. The Morgan fingerprint density at radius 3 is 2.36 bits per heavy atom. The molecule has 0 aliphatic rings. The second-order valence-electron chi connectivity index (χ2n) is 5.77. The fourth-order valence-electron chi connectivity index (χ4n) is 2.19. The third-order valence-electron chi connectivity index (χ3n) is 3.39. The molecule has 3 heteroatoms. The number of hydrogen-bond donors (Lipinski definition) is 0. The molecule has 0 aromatic rings. The van der Waals surface area contributed by atoms with E-state index in [2.05, 4.69) is 25.2 Å². The zero-order valence-corrected chi connectivity index (χ0v) is 14.5. The summed E-state index contributed by atoms with van der Waals surface area (Å²) in [6, 6.07) is 0. The van der Waals surface area contributed by atoms with Crippen LogP contribution >= 0.6 is 0 Å². The van der Waals surface area contributed by atoms with Gasteiger partial charge in [-0.3, -0.25) is 4.79 Å². The van der Waals surface area contributed by atoms with Crippen molar-refractivity contribution in [1.29, 1.82) is 0 Å². The number of rotatable bonds is 13. The van der Waals surface area contributed by atoms with Crippen molar-refractivity contribution in [3.05, 3.63) is 24.3 Å². The van der Waals surface area contributed by atoms with E-state index < -0.39 is 0 Å². The first-order valence-corrected chi connectivity index (χ1v) is 8.54. The van der Waals surface area contributed by atoms with Gasteiger partial charge in [0, 0.05) is 19.8 Å². The van der Waals surface area contributed by atoms with Crippen molar-refractivity contribution in [2.24, 2.45) is 0 Å². The summed E-state index contributed by atoms with van der Waals surface area (Å²) >= 11 is 0. The molecular formula is C19H32O3. The smallest absolute Gasteiger partial charge is 0.302 e. The minimum Gasteiger partial charge on any atom is -0.462 e. The van der Waals surface area contributed by atoms with Crippen LogP contribution in [0.5, 0.6) is 0 Å². The highest BCUT2D eigenvalue weighted by Gasteiger charge is 2.08. The van der Waals surface area contributed by atoms with E-state index in [1.165, 1.54) is 6.92 Å². The standard InChI is InChI=1S/C19H32O3/c1-4-5-15-19(22-18(3)21)16-13-11-9-7-6-8-10-12-14-17(2)20/h7,9,11,13,19H,4-6,8,10,12,14-16H2,1-3H3. The predicted molar refractivity (Wildman–Crippen MR) is 91.7 cm³/mol. The molecule has 1 atom stereocenters. The summed E-state index contributed by atoms with van der Waals surface area (Å²) in [6.45, 7) is 5.25. The summed E-state index contributed by atoms with van der Waals surface area (Å²) in [4.78, 5) is 21.8. The monoisotopic (exact) mass is 308 g/mol. The SMILES string of the molecule is CCCCC(CC=CC=CCCCCCC(C)=O)OC(C)=O. The summed E-state index contributed by atoms with van der Waals surface area (Å²) in [7, 11) is 0. The molecule has 0 amide bonds. The molecule has 0 heterocycles. The highest BCUT2D eigenvalue weighted by atomic mass is 16.5. The molecule has 0 saturated heterocycles. The Morgan fingerprint density at radius 1 is 1.00 bits per heavy atom. The lowest BCUT2D eigenvalue weighted by molar-refractivity contribution is -0.146. The molecule has 0 N–H and O–H groups in total. The van der Waals surface area contributed by atoms with Crippen molar-refractivity contribution in [3.8, 4) is 0 Å². The van der Waals surface area contributed by atoms with E-state index in [-0.39, 0.29) is 17.9 Å². The number of ketones is 1. The Kier molecular flexibility index (Phi) is 13.6. The molecule has 3 nitrogen and oxygen atoms in total. The molecule has 0 fully saturated rings. The van der Waals surface area contributed by atoms with E-state index in [0.29, 0.717) is 6.42 Å². The van der Waals surface area contributed by atoms with E-state index in [0.717, 1.165) is 51.4 Å². The first-order valence-electron chi connectivity index (χ1n) is 8.54. The van der Waals surface area contributed by atoms with Gasteiger partial charge in [-0.25, -0.2) is 0 Å². The number of hydrogen-bond acceptors (Lipinski definition) is 3. The fraction of sp³-hybridized carbons (Fsp3) is 0.684. The van der Waals surface area contributed by atoms with Crippen molar-refractivity contribution in [2.75, 3.05) is 0 Å². The van der Waals surface area contributed by atoms with Crippen molar-refractivity contribution in [1.82, 2.24) is 0 Å². The van der Waals surface area contributed by atoms with Crippen LogP contribution in [0.1, 0.15) is 78.6 Å². The van der Waals surface area contributed by atoms with Crippen LogP contribution in [-0.4, -0.2) is 17.9 Å². The Hall–Kier alpha value is -1.38. The Morgan fingerprint density at radius 2 is 1.73 bits per heavy atom. The molecular weight excluding hydrogens is 276 g/mol. The molecule has 1 unspecified atom stereocenters. The molecule has 126 valence electrons. The Bertz CT molecular complexity index is 356. The normalized spacial score (nSPS) is 12.9. The van der Waals surface area contributed by atoms with Crippen LogP contribution in [0.2, 0.25) is 0 Å². The molecule has 0 aromatic carbocycles. The van der Waals surface area contributed by atoms with Crippen LogP contribution in [-0.2, 0) is 14.3 Å². The average molecular weight is 308 g/mol. The maximum absolute atomic E-state index is 11.0. The second-order valence-corrected chi connectivity index (χ2v) is 5.77. The summed E-state index contributed by atoms with van der Waals surface area (Å²) in [5.41, 5.74) is 0. The van der Waals surface area contributed by atoms with Gasteiger partial charge in [-0.1, -0.05) is 50.5 Å². The highest BCUT2D eigenvalue weighted by Crippen LogP contribution is 2.10. The molecule has 0 rings (SSSR count). The van der Waals surface area contributed by atoms with Gasteiger partial charge in [0.15, 0.2) is 0 Å². The van der Waals surface area contributed by atoms with Gasteiger partial charge >= 0.3 is 5.97 Å². The molecule has 0 bridgehead atoms. The third kappa shape index (κ3) is 15.0. The molecule has 0 radical (unpaired) electrons. The van der Waals surface area contributed by atoms with Crippen LogP contribution in [0.3, 0.4) is 0 Å². The lowest BCUT2D eigenvalue weighted by Crippen LogP contribution is -2.15. The van der Waals surface area contributed by atoms with Gasteiger partial charge in [-0.2, -0.15) is 0 Å². The van der Waals surface area contributed by atoms with Gasteiger partial charge in [-0.15, -0.1) is 0 Å². The van der Waals surface area contributed by atoms with Gasteiger partial charge in [0.2, 0.25) is 0 Å². The first-order chi connectivity index (χ1) is 10.6. The van der Waals surface area contributed by atoms with Crippen molar-refractivity contribution >= 4 is 11.8 Å². The molecule has 0 aliphatic heterocycles. The molecule has 22 heavy (non-hydrogen) atoms. The van der Waals surface area contributed by atoms with E-state index in [1.54, 1.807) is 6.92 Å². The van der Waals surface area contributed by atoms with Gasteiger partial charge in [0.1, 0.15) is 11.9 Å². The summed E-state index contributed by atoms with van der Waals surface area (Å²) in [5.74, 6) is 0.0829. The zero-order chi connectivity index (χ0) is 16.6. The minimum absolute atomic E-state index is 0.00804. The van der Waals surface area contributed by atoms with Crippen LogP contribution in [0.15, 0.2) is 24.3 Å². The highest BCUT2D eigenvalue weighted by molar-refractivity contribution is 5.75. The zero-order valence-electron chi connectivity index (χ0n) is 14.5. The largest absolute Gasteiger partial charge is 0.462 e. The minimum atomic E-state index is -0.199. The Balaban J connectivity index is 3.77. The molecule has 0 aliphatic carbocycles. The van der Waals surface area contributed by atoms with Crippen molar-refractivity contribution in [3.63, 3.8) is 0 Å². The number of Topliss-reactive ketones (excluding diaryl/α,β-unsaturated/α-hetero) is 1. The van der Waals surface area contributed by atoms with Crippen LogP contribution in [0, 0.1) is 0 Å². The second kappa shape index (κ2) is 14.6. The average Bonchev–Trinajstić information content (AvgIpc) is 2.45. The summed E-state index contributed by atoms with van der Waals surface area (Å²) in [5, 5.41) is 0. The first kappa shape index (κ1) is 20.6. The summed E-state index contributed by atoms with van der Waals surface area (Å²) < 4.78 is 5.30. The number of esters is 1. The topological polar surface area (TPSA) is 43.4 Å².